The van der Waals surface area contributed by atoms with Gasteiger partial charge in [0.25, 0.3) is 0 Å². The Morgan fingerprint density at radius 3 is 2.56 bits per heavy atom. The summed E-state index contributed by atoms with van der Waals surface area (Å²) in [5, 5.41) is 6.26. The standard InChI is InChI=1S/C24H26ClF2N7O2/c25-16-5-13(26)6-17(27)19(16)32-23-31-18-9-29-22(30-14-7-24(8-14)10-36-11-24)33-21(18)34(23)15-3-1-12(2-4-15)20(28)35/h5-6,9,12,14-15H,1-4,7-8,10-11H2,(H2,28,35)(H,31,32)(H,29,30,33)/t12-,15+. The summed E-state index contributed by atoms with van der Waals surface area (Å²) in [6.07, 6.45) is 6.27. The Hall–Kier alpha value is -3.05. The third kappa shape index (κ3) is 4.13. The first kappa shape index (κ1) is 23.4. The molecule has 190 valence electrons. The predicted octanol–water partition coefficient (Wildman–Crippen LogP) is 4.31. The minimum Gasteiger partial charge on any atom is -0.380 e. The number of fused-ring (bicyclic) bond motifs is 1. The quantitative estimate of drug-likeness (QED) is 0.445. The third-order valence-corrected chi connectivity index (χ3v) is 7.95. The van der Waals surface area contributed by atoms with Crippen LogP contribution in [0.4, 0.5) is 26.4 Å². The number of ether oxygens (including phenoxy) is 1. The van der Waals surface area contributed by atoms with E-state index in [-0.39, 0.29) is 34.6 Å². The molecule has 36 heavy (non-hydrogen) atoms. The van der Waals surface area contributed by atoms with E-state index in [9.17, 15) is 13.6 Å². The second-order valence-electron chi connectivity index (χ2n) is 10.2. The van der Waals surface area contributed by atoms with Crippen LogP contribution >= 0.6 is 11.6 Å². The smallest absolute Gasteiger partial charge is 0.224 e. The highest BCUT2D eigenvalue weighted by Gasteiger charge is 2.50. The zero-order valence-corrected chi connectivity index (χ0v) is 20.2. The number of carbonyl (C=O) groups is 1. The van der Waals surface area contributed by atoms with Crippen LogP contribution in [0.2, 0.25) is 5.02 Å². The maximum absolute atomic E-state index is 14.6. The molecule has 1 aromatic carbocycles. The second-order valence-corrected chi connectivity index (χ2v) is 10.6. The van der Waals surface area contributed by atoms with E-state index in [0.29, 0.717) is 54.2 Å². The minimum atomic E-state index is -0.830. The number of carbonyl (C=O) groups excluding carboxylic acids is 1. The number of nitrogens with two attached hydrogens (primary N) is 1. The van der Waals surface area contributed by atoms with Crippen molar-refractivity contribution >= 4 is 46.3 Å². The van der Waals surface area contributed by atoms with E-state index in [1.807, 2.05) is 4.57 Å². The Bertz CT molecular complexity index is 1310. The summed E-state index contributed by atoms with van der Waals surface area (Å²) in [5.74, 6) is -1.26. The Morgan fingerprint density at radius 2 is 1.92 bits per heavy atom. The zero-order chi connectivity index (χ0) is 25.0. The molecule has 4 N–H and O–H groups in total. The number of hydrogen-bond donors (Lipinski definition) is 3. The average Bonchev–Trinajstić information content (AvgIpc) is 3.14. The molecular formula is C24H26ClF2N7O2. The number of aromatic nitrogens is 4. The van der Waals surface area contributed by atoms with Gasteiger partial charge in [0.2, 0.25) is 17.8 Å². The lowest BCUT2D eigenvalue weighted by Gasteiger charge is -2.53. The fourth-order valence-corrected chi connectivity index (χ4v) is 5.92. The fraction of sp³-hybridized carbons (Fsp3) is 0.500. The minimum absolute atomic E-state index is 0.0581. The summed E-state index contributed by atoms with van der Waals surface area (Å²) in [6, 6.07) is 2.02. The number of halogens is 3. The summed E-state index contributed by atoms with van der Waals surface area (Å²) in [7, 11) is 0. The molecule has 1 saturated heterocycles. The molecule has 0 atom stereocenters. The van der Waals surface area contributed by atoms with Crippen LogP contribution in [-0.2, 0) is 9.53 Å². The van der Waals surface area contributed by atoms with Gasteiger partial charge in [-0.15, -0.1) is 0 Å². The van der Waals surface area contributed by atoms with Gasteiger partial charge >= 0.3 is 0 Å². The average molecular weight is 518 g/mol. The van der Waals surface area contributed by atoms with Crippen LogP contribution in [0, 0.1) is 23.0 Å². The van der Waals surface area contributed by atoms with Crippen LogP contribution in [0.15, 0.2) is 18.3 Å². The molecule has 12 heteroatoms. The number of rotatable bonds is 6. The lowest BCUT2D eigenvalue weighted by molar-refractivity contribution is -0.160. The van der Waals surface area contributed by atoms with Gasteiger partial charge < -0.3 is 21.1 Å². The molecule has 1 amide bonds. The molecule has 3 aliphatic rings. The molecule has 1 aliphatic heterocycles. The number of primary amides is 1. The molecule has 0 radical (unpaired) electrons. The van der Waals surface area contributed by atoms with Crippen molar-refractivity contribution in [1.29, 1.82) is 0 Å². The SMILES string of the molecule is NC(=O)[C@H]1CC[C@@H](n2c(Nc3c(F)cc(F)cc3Cl)nc3cnc(NC4CC5(COC5)C4)nc32)CC1. The lowest BCUT2D eigenvalue weighted by Crippen LogP contribution is -2.56. The first-order valence-corrected chi connectivity index (χ1v) is 12.5. The Kier molecular flexibility index (Phi) is 5.71. The largest absolute Gasteiger partial charge is 0.380 e. The van der Waals surface area contributed by atoms with Crippen LogP contribution < -0.4 is 16.4 Å². The van der Waals surface area contributed by atoms with Gasteiger partial charge in [-0.3, -0.25) is 9.36 Å². The molecule has 3 fully saturated rings. The number of nitrogens with zero attached hydrogens (tertiary/aromatic N) is 4. The Balaban J connectivity index is 1.33. The zero-order valence-electron chi connectivity index (χ0n) is 19.4. The van der Waals surface area contributed by atoms with Crippen molar-refractivity contribution in [3.05, 3.63) is 35.0 Å². The summed E-state index contributed by atoms with van der Waals surface area (Å²) in [6.45, 7) is 1.62. The van der Waals surface area contributed by atoms with E-state index in [0.717, 1.165) is 38.2 Å². The Labute approximate surface area is 210 Å². The third-order valence-electron chi connectivity index (χ3n) is 7.65. The molecule has 0 bridgehead atoms. The summed E-state index contributed by atoms with van der Waals surface area (Å²) >= 11 is 6.14. The van der Waals surface area contributed by atoms with Gasteiger partial charge in [0.15, 0.2) is 11.5 Å². The van der Waals surface area contributed by atoms with Gasteiger partial charge in [-0.2, -0.15) is 4.98 Å². The highest BCUT2D eigenvalue weighted by Crippen LogP contribution is 2.47. The van der Waals surface area contributed by atoms with Crippen molar-refractivity contribution in [2.24, 2.45) is 17.1 Å². The monoisotopic (exact) mass is 517 g/mol. The Morgan fingerprint density at radius 1 is 1.17 bits per heavy atom. The van der Waals surface area contributed by atoms with E-state index in [4.69, 9.17) is 27.1 Å². The molecule has 2 aromatic heterocycles. The van der Waals surface area contributed by atoms with Gasteiger partial charge in [-0.1, -0.05) is 11.6 Å². The van der Waals surface area contributed by atoms with Crippen molar-refractivity contribution in [3.8, 4) is 0 Å². The summed E-state index contributed by atoms with van der Waals surface area (Å²) in [4.78, 5) is 25.5. The van der Waals surface area contributed by atoms with Crippen molar-refractivity contribution in [2.75, 3.05) is 23.8 Å². The highest BCUT2D eigenvalue weighted by molar-refractivity contribution is 6.33. The van der Waals surface area contributed by atoms with Crippen molar-refractivity contribution in [3.63, 3.8) is 0 Å². The van der Waals surface area contributed by atoms with E-state index < -0.39 is 11.6 Å². The number of hydrogen-bond acceptors (Lipinski definition) is 7. The molecule has 9 nitrogen and oxygen atoms in total. The van der Waals surface area contributed by atoms with Crippen molar-refractivity contribution in [1.82, 2.24) is 19.5 Å². The maximum atomic E-state index is 14.6. The number of imidazole rings is 1. The van der Waals surface area contributed by atoms with E-state index >= 15 is 0 Å². The number of benzene rings is 1. The van der Waals surface area contributed by atoms with Crippen LogP contribution in [0.5, 0.6) is 0 Å². The first-order chi connectivity index (χ1) is 17.3. The highest BCUT2D eigenvalue weighted by atomic mass is 35.5. The first-order valence-electron chi connectivity index (χ1n) is 12.1. The molecule has 0 unspecified atom stereocenters. The molecule has 2 saturated carbocycles. The van der Waals surface area contributed by atoms with Crippen LogP contribution in [-0.4, -0.2) is 44.7 Å². The van der Waals surface area contributed by atoms with Gasteiger partial charge in [0.1, 0.15) is 11.3 Å². The normalized spacial score (nSPS) is 23.3. The van der Waals surface area contributed by atoms with Gasteiger partial charge in [0.05, 0.1) is 30.1 Å². The van der Waals surface area contributed by atoms with Crippen molar-refractivity contribution in [2.45, 2.75) is 50.6 Å². The summed E-state index contributed by atoms with van der Waals surface area (Å²) in [5.41, 5.74) is 6.86. The predicted molar refractivity (Wildman–Crippen MR) is 130 cm³/mol. The lowest BCUT2D eigenvalue weighted by atomic mass is 9.64. The molecule has 6 rings (SSSR count). The number of nitrogens with one attached hydrogen (secondary N) is 2. The van der Waals surface area contributed by atoms with Crippen LogP contribution in [0.1, 0.15) is 44.6 Å². The fourth-order valence-electron chi connectivity index (χ4n) is 5.68. The number of amides is 1. The molecule has 1 spiro atoms. The maximum Gasteiger partial charge on any atom is 0.224 e. The van der Waals surface area contributed by atoms with Crippen LogP contribution in [0.3, 0.4) is 0 Å². The summed E-state index contributed by atoms with van der Waals surface area (Å²) < 4.78 is 35.5. The molecule has 3 aromatic rings. The molecule has 2 aliphatic carbocycles. The van der Waals surface area contributed by atoms with E-state index in [2.05, 4.69) is 20.6 Å². The molecular weight excluding hydrogens is 492 g/mol. The van der Waals surface area contributed by atoms with E-state index in [1.54, 1.807) is 6.20 Å². The van der Waals surface area contributed by atoms with Crippen molar-refractivity contribution < 1.29 is 18.3 Å². The topological polar surface area (TPSA) is 120 Å². The van der Waals surface area contributed by atoms with Gasteiger partial charge in [-0.05, 0) is 44.6 Å². The molecule has 3 heterocycles. The van der Waals surface area contributed by atoms with Gasteiger partial charge in [0, 0.05) is 29.5 Å². The van der Waals surface area contributed by atoms with Gasteiger partial charge in [-0.25, -0.2) is 18.7 Å². The van der Waals surface area contributed by atoms with Crippen LogP contribution in [0.25, 0.3) is 11.2 Å². The second kappa shape index (κ2) is 8.81. The van der Waals surface area contributed by atoms with E-state index in [1.165, 1.54) is 0 Å². The number of anilines is 3.